The van der Waals surface area contributed by atoms with E-state index in [1.807, 2.05) is 19.1 Å². The Morgan fingerprint density at radius 2 is 1.94 bits per heavy atom. The number of nitrogens with one attached hydrogen (secondary N) is 1. The Morgan fingerprint density at radius 3 is 2.56 bits per heavy atom. The number of likely N-dealkylation sites (tertiary alicyclic amines) is 1. The molecule has 18 heavy (non-hydrogen) atoms. The summed E-state index contributed by atoms with van der Waals surface area (Å²) in [6.45, 7) is 4.03. The van der Waals surface area contributed by atoms with Gasteiger partial charge in [0.2, 0.25) is 0 Å². The molecule has 0 bridgehead atoms. The summed E-state index contributed by atoms with van der Waals surface area (Å²) < 4.78 is 0. The number of rotatable bonds is 3. The van der Waals surface area contributed by atoms with E-state index in [9.17, 15) is 0 Å². The lowest BCUT2D eigenvalue weighted by Gasteiger charge is -2.32. The Labute approximate surface area is 110 Å². The Kier molecular flexibility index (Phi) is 4.57. The fourth-order valence-electron chi connectivity index (χ4n) is 2.59. The normalized spacial score (nSPS) is 17.3. The molecule has 1 aliphatic rings. The molecule has 1 aliphatic heterocycles. The van der Waals surface area contributed by atoms with Crippen molar-refractivity contribution < 1.29 is 0 Å². The molecule has 2 nitrogen and oxygen atoms in total. The summed E-state index contributed by atoms with van der Waals surface area (Å²) in [6, 6.07) is 10.7. The lowest BCUT2D eigenvalue weighted by atomic mass is 9.90. The van der Waals surface area contributed by atoms with E-state index in [-0.39, 0.29) is 0 Å². The van der Waals surface area contributed by atoms with Gasteiger partial charge in [-0.2, -0.15) is 0 Å². The van der Waals surface area contributed by atoms with Gasteiger partial charge in [0.15, 0.2) is 0 Å². The third-order valence-corrected chi connectivity index (χ3v) is 3.65. The van der Waals surface area contributed by atoms with E-state index in [2.05, 4.69) is 35.2 Å². The summed E-state index contributed by atoms with van der Waals surface area (Å²) in [5.74, 6) is 1.44. The summed E-state index contributed by atoms with van der Waals surface area (Å²) in [5, 5.41) is 7.91. The molecule has 0 amide bonds. The van der Waals surface area contributed by atoms with Crippen LogP contribution < -0.4 is 0 Å². The highest BCUT2D eigenvalue weighted by atomic mass is 15.2. The molecule has 1 fully saturated rings. The number of hydrogen-bond acceptors (Lipinski definition) is 1. The van der Waals surface area contributed by atoms with Crippen molar-refractivity contribution in [3.63, 3.8) is 0 Å². The largest absolute Gasteiger partial charge is 0.357 e. The highest BCUT2D eigenvalue weighted by Gasteiger charge is 2.19. The lowest BCUT2D eigenvalue weighted by molar-refractivity contribution is 0.265. The maximum absolute atomic E-state index is 7.91. The van der Waals surface area contributed by atoms with Gasteiger partial charge >= 0.3 is 0 Å². The molecule has 0 aliphatic carbocycles. The maximum atomic E-state index is 7.91. The van der Waals surface area contributed by atoms with Crippen LogP contribution in [0.25, 0.3) is 0 Å². The molecule has 0 unspecified atom stereocenters. The number of nitrogens with zero attached hydrogens (tertiary/aromatic N) is 1. The third-order valence-electron chi connectivity index (χ3n) is 3.65. The molecule has 1 aromatic rings. The quantitative estimate of drug-likeness (QED) is 0.637. The summed E-state index contributed by atoms with van der Waals surface area (Å²) in [7, 11) is 0. The molecule has 1 aromatic carbocycles. The van der Waals surface area contributed by atoms with Gasteiger partial charge in [0.1, 0.15) is 5.84 Å². The van der Waals surface area contributed by atoms with E-state index in [1.165, 1.54) is 24.8 Å². The van der Waals surface area contributed by atoms with E-state index >= 15 is 0 Å². The Morgan fingerprint density at radius 1 is 1.28 bits per heavy atom. The fourth-order valence-corrected chi connectivity index (χ4v) is 2.59. The number of benzene rings is 1. The standard InChI is InChI=1S/C16H22N2/c1-2-6-16(17)18-11-9-15(10-12-18)13-14-7-4-3-5-8-14/h2-8,15,17H,9-13H2,1H3/b6-2-,17-16?. The van der Waals surface area contributed by atoms with Gasteiger partial charge in [0.25, 0.3) is 0 Å². The number of amidine groups is 1. The molecule has 0 radical (unpaired) electrons. The first kappa shape index (κ1) is 12.9. The van der Waals surface area contributed by atoms with E-state index in [0.29, 0.717) is 5.84 Å². The van der Waals surface area contributed by atoms with Crippen LogP contribution in [0.3, 0.4) is 0 Å². The second kappa shape index (κ2) is 6.39. The Bertz CT molecular complexity index is 400. The molecular formula is C16H22N2. The van der Waals surface area contributed by atoms with Crippen molar-refractivity contribution in [1.29, 1.82) is 5.41 Å². The lowest BCUT2D eigenvalue weighted by Crippen LogP contribution is -2.37. The molecule has 0 atom stereocenters. The van der Waals surface area contributed by atoms with Gasteiger partial charge < -0.3 is 4.90 Å². The molecule has 1 heterocycles. The monoisotopic (exact) mass is 242 g/mol. The molecule has 0 aromatic heterocycles. The molecular weight excluding hydrogens is 220 g/mol. The van der Waals surface area contributed by atoms with E-state index in [4.69, 9.17) is 5.41 Å². The van der Waals surface area contributed by atoms with Crippen molar-refractivity contribution in [2.45, 2.75) is 26.2 Å². The maximum Gasteiger partial charge on any atom is 0.120 e. The molecule has 0 saturated carbocycles. The van der Waals surface area contributed by atoms with Gasteiger partial charge in [-0.3, -0.25) is 5.41 Å². The van der Waals surface area contributed by atoms with Crippen molar-refractivity contribution in [1.82, 2.24) is 4.90 Å². The van der Waals surface area contributed by atoms with Crippen molar-refractivity contribution in [3.8, 4) is 0 Å². The Hall–Kier alpha value is -1.57. The minimum absolute atomic E-state index is 0.663. The van der Waals surface area contributed by atoms with Gasteiger partial charge in [-0.15, -0.1) is 0 Å². The van der Waals surface area contributed by atoms with Crippen LogP contribution >= 0.6 is 0 Å². The van der Waals surface area contributed by atoms with Gasteiger partial charge in [-0.1, -0.05) is 36.4 Å². The fraction of sp³-hybridized carbons (Fsp3) is 0.438. The molecule has 2 heteroatoms. The third kappa shape index (κ3) is 3.46. The van der Waals surface area contributed by atoms with Crippen molar-refractivity contribution in [2.75, 3.05) is 13.1 Å². The van der Waals surface area contributed by atoms with Gasteiger partial charge in [-0.05, 0) is 43.7 Å². The van der Waals surface area contributed by atoms with Crippen LogP contribution in [-0.2, 0) is 6.42 Å². The predicted molar refractivity (Wildman–Crippen MR) is 77.0 cm³/mol. The second-order valence-corrected chi connectivity index (χ2v) is 5.01. The molecule has 1 N–H and O–H groups in total. The zero-order chi connectivity index (χ0) is 12.8. The number of hydrogen-bond donors (Lipinski definition) is 1. The van der Waals surface area contributed by atoms with E-state index in [1.54, 1.807) is 0 Å². The zero-order valence-corrected chi connectivity index (χ0v) is 11.1. The molecule has 2 rings (SSSR count). The predicted octanol–water partition coefficient (Wildman–Crippen LogP) is 3.49. The Balaban J connectivity index is 1.82. The summed E-state index contributed by atoms with van der Waals surface area (Å²) in [4.78, 5) is 2.18. The van der Waals surface area contributed by atoms with Crippen LogP contribution in [0.15, 0.2) is 42.5 Å². The highest BCUT2D eigenvalue weighted by molar-refractivity contribution is 5.90. The van der Waals surface area contributed by atoms with Crippen LogP contribution in [0, 0.1) is 11.3 Å². The topological polar surface area (TPSA) is 27.1 Å². The SMILES string of the molecule is C/C=C\C(=N)N1CCC(Cc2ccccc2)CC1. The summed E-state index contributed by atoms with van der Waals surface area (Å²) >= 11 is 0. The summed E-state index contributed by atoms with van der Waals surface area (Å²) in [6.07, 6.45) is 7.42. The van der Waals surface area contributed by atoms with Crippen molar-refractivity contribution >= 4 is 5.84 Å². The van der Waals surface area contributed by atoms with Gasteiger partial charge in [-0.25, -0.2) is 0 Å². The van der Waals surface area contributed by atoms with Crippen LogP contribution in [-0.4, -0.2) is 23.8 Å². The van der Waals surface area contributed by atoms with E-state index in [0.717, 1.165) is 19.0 Å². The second-order valence-electron chi connectivity index (χ2n) is 5.01. The highest BCUT2D eigenvalue weighted by Crippen LogP contribution is 2.21. The van der Waals surface area contributed by atoms with Gasteiger partial charge in [0, 0.05) is 13.1 Å². The smallest absolute Gasteiger partial charge is 0.120 e. The zero-order valence-electron chi connectivity index (χ0n) is 11.1. The van der Waals surface area contributed by atoms with Crippen LogP contribution in [0.1, 0.15) is 25.3 Å². The van der Waals surface area contributed by atoms with Crippen molar-refractivity contribution in [2.24, 2.45) is 5.92 Å². The number of piperidine rings is 1. The van der Waals surface area contributed by atoms with Crippen LogP contribution in [0.4, 0.5) is 0 Å². The van der Waals surface area contributed by atoms with Crippen LogP contribution in [0.5, 0.6) is 0 Å². The average Bonchev–Trinajstić information content (AvgIpc) is 2.41. The minimum Gasteiger partial charge on any atom is -0.357 e. The first-order valence-corrected chi connectivity index (χ1v) is 6.79. The summed E-state index contributed by atoms with van der Waals surface area (Å²) in [5.41, 5.74) is 1.44. The van der Waals surface area contributed by atoms with Crippen LogP contribution in [0.2, 0.25) is 0 Å². The molecule has 96 valence electrons. The first-order valence-electron chi connectivity index (χ1n) is 6.79. The van der Waals surface area contributed by atoms with Gasteiger partial charge in [0.05, 0.1) is 0 Å². The van der Waals surface area contributed by atoms with Crippen molar-refractivity contribution in [3.05, 3.63) is 48.0 Å². The molecule has 1 saturated heterocycles. The average molecular weight is 242 g/mol. The minimum atomic E-state index is 0.663. The van der Waals surface area contributed by atoms with E-state index < -0.39 is 0 Å². The first-order chi connectivity index (χ1) is 8.79. The number of allylic oxidation sites excluding steroid dienone is 1. The molecule has 0 spiro atoms.